The van der Waals surface area contributed by atoms with Crippen molar-refractivity contribution >= 4 is 29.9 Å². The summed E-state index contributed by atoms with van der Waals surface area (Å²) >= 11 is 0. The van der Waals surface area contributed by atoms with Gasteiger partial charge in [0.05, 0.1) is 19.7 Å². The number of halogens is 4. The fraction of sp³-hybridized carbons (Fsp3) is 0.318. The first-order chi connectivity index (χ1) is 15.4. The number of nitrogens with one attached hydrogen (secondary N) is 2. The normalized spacial score (nSPS) is 11.7. The van der Waals surface area contributed by atoms with Gasteiger partial charge in [0, 0.05) is 12.2 Å². The molecule has 0 amide bonds. The molecule has 0 unspecified atom stereocenters. The van der Waals surface area contributed by atoms with Crippen LogP contribution in [0.5, 0.6) is 0 Å². The summed E-state index contributed by atoms with van der Waals surface area (Å²) in [4.78, 5) is 4.57. The molecule has 0 saturated heterocycles. The Morgan fingerprint density at radius 1 is 1.03 bits per heavy atom. The minimum atomic E-state index is -4.32. The summed E-state index contributed by atoms with van der Waals surface area (Å²) in [6, 6.07) is 16.9. The molecule has 0 aliphatic heterocycles. The molecule has 11 heteroatoms. The number of hydrogen-bond donors (Lipinski definition) is 2. The van der Waals surface area contributed by atoms with Crippen LogP contribution < -0.4 is 10.6 Å². The largest absolute Gasteiger partial charge is 0.411 e. The van der Waals surface area contributed by atoms with Gasteiger partial charge in [-0.05, 0) is 30.2 Å². The number of alkyl halides is 3. The maximum Gasteiger partial charge on any atom is 0.411 e. The van der Waals surface area contributed by atoms with Crippen LogP contribution in [0.25, 0.3) is 5.69 Å². The zero-order valence-electron chi connectivity index (χ0n) is 18.0. The summed E-state index contributed by atoms with van der Waals surface area (Å²) in [6.07, 6.45) is -2.66. The molecule has 2 N–H and O–H groups in total. The molecule has 0 atom stereocenters. The summed E-state index contributed by atoms with van der Waals surface area (Å²) in [7, 11) is 0. The predicted molar refractivity (Wildman–Crippen MR) is 131 cm³/mol. The summed E-state index contributed by atoms with van der Waals surface area (Å²) < 4.78 is 43.1. The quantitative estimate of drug-likeness (QED) is 0.228. The van der Waals surface area contributed by atoms with Crippen LogP contribution in [0.15, 0.2) is 65.9 Å². The average molecular weight is 574 g/mol. The average Bonchev–Trinajstić information content (AvgIpc) is 3.25. The summed E-state index contributed by atoms with van der Waals surface area (Å²) in [5.41, 5.74) is 2.57. The van der Waals surface area contributed by atoms with Crippen LogP contribution >= 0.6 is 24.0 Å². The third-order valence-electron chi connectivity index (χ3n) is 4.39. The number of aromatic nitrogens is 3. The molecule has 0 spiro atoms. The van der Waals surface area contributed by atoms with Crippen LogP contribution in [0.3, 0.4) is 0 Å². The maximum absolute atomic E-state index is 12.2. The van der Waals surface area contributed by atoms with Crippen LogP contribution in [0.1, 0.15) is 23.9 Å². The van der Waals surface area contributed by atoms with Crippen LogP contribution in [0.2, 0.25) is 0 Å². The number of hydrogen-bond acceptors (Lipinski definition) is 4. The molecule has 0 radical (unpaired) electrons. The minimum absolute atomic E-state index is 0. The second-order valence-electron chi connectivity index (χ2n) is 6.93. The maximum atomic E-state index is 12.2. The third kappa shape index (κ3) is 9.00. The zero-order valence-corrected chi connectivity index (χ0v) is 20.4. The lowest BCUT2D eigenvalue weighted by atomic mass is 10.1. The Hall–Kier alpha value is -2.67. The van der Waals surface area contributed by atoms with E-state index in [1.54, 1.807) is 18.5 Å². The van der Waals surface area contributed by atoms with Crippen molar-refractivity contribution < 1.29 is 17.9 Å². The van der Waals surface area contributed by atoms with E-state index >= 15 is 0 Å². The molecule has 3 aromatic rings. The smallest absolute Gasteiger partial charge is 0.367 e. The van der Waals surface area contributed by atoms with Crippen molar-refractivity contribution in [2.24, 2.45) is 4.99 Å². The number of para-hydroxylation sites is 1. The molecule has 0 aliphatic carbocycles. The van der Waals surface area contributed by atoms with Gasteiger partial charge >= 0.3 is 6.18 Å². The van der Waals surface area contributed by atoms with E-state index in [4.69, 9.17) is 0 Å². The molecule has 2 aromatic carbocycles. The molecule has 3 rings (SSSR count). The standard InChI is InChI=1S/C22H25F3N6O.HI/c1-2-26-21(28-13-20-30-29-16-31(20)19-6-4-3-5-7-19)27-12-17-8-10-18(11-9-17)14-32-15-22(23,24)25;/h3-11,16H,2,12-15H2,1H3,(H2,26,27,28);1H. The number of ether oxygens (including phenoxy) is 1. The van der Waals surface area contributed by atoms with Crippen molar-refractivity contribution in [3.05, 3.63) is 77.9 Å². The van der Waals surface area contributed by atoms with E-state index in [-0.39, 0.29) is 30.6 Å². The van der Waals surface area contributed by atoms with Crippen molar-refractivity contribution in [2.75, 3.05) is 13.2 Å². The van der Waals surface area contributed by atoms with Gasteiger partial charge in [-0.3, -0.25) is 4.57 Å². The monoisotopic (exact) mass is 574 g/mol. The molecule has 33 heavy (non-hydrogen) atoms. The Morgan fingerprint density at radius 3 is 2.39 bits per heavy atom. The lowest BCUT2D eigenvalue weighted by Crippen LogP contribution is -2.37. The molecule has 1 aromatic heterocycles. The first-order valence-corrected chi connectivity index (χ1v) is 10.1. The predicted octanol–water partition coefficient (Wildman–Crippen LogP) is 4.22. The van der Waals surface area contributed by atoms with Gasteiger partial charge in [-0.1, -0.05) is 42.5 Å². The number of aliphatic imine (C=N–C) groups is 1. The second-order valence-corrected chi connectivity index (χ2v) is 6.93. The van der Waals surface area contributed by atoms with Gasteiger partial charge in [-0.25, -0.2) is 4.99 Å². The second kappa shape index (κ2) is 13.1. The van der Waals surface area contributed by atoms with Crippen molar-refractivity contribution in [3.8, 4) is 5.69 Å². The lowest BCUT2D eigenvalue weighted by Gasteiger charge is -2.12. The van der Waals surface area contributed by atoms with Crippen LogP contribution in [0, 0.1) is 0 Å². The Balaban J connectivity index is 0.00000385. The number of benzene rings is 2. The highest BCUT2D eigenvalue weighted by Gasteiger charge is 2.27. The van der Waals surface area contributed by atoms with E-state index in [2.05, 4.69) is 30.6 Å². The first-order valence-electron chi connectivity index (χ1n) is 10.1. The van der Waals surface area contributed by atoms with Crippen molar-refractivity contribution in [1.29, 1.82) is 0 Å². The fourth-order valence-electron chi connectivity index (χ4n) is 2.88. The van der Waals surface area contributed by atoms with Crippen molar-refractivity contribution in [1.82, 2.24) is 25.4 Å². The molecule has 0 saturated carbocycles. The van der Waals surface area contributed by atoms with Gasteiger partial charge in [0.2, 0.25) is 0 Å². The van der Waals surface area contributed by atoms with Gasteiger partial charge in [0.1, 0.15) is 12.9 Å². The van der Waals surface area contributed by atoms with Gasteiger partial charge in [-0.2, -0.15) is 13.2 Å². The van der Waals surface area contributed by atoms with Crippen LogP contribution in [-0.2, 0) is 24.4 Å². The van der Waals surface area contributed by atoms with Gasteiger partial charge in [0.25, 0.3) is 0 Å². The topological polar surface area (TPSA) is 76.4 Å². The SMILES string of the molecule is CCNC(=NCc1ccc(COCC(F)(F)F)cc1)NCc1nncn1-c1ccccc1.I. The highest BCUT2D eigenvalue weighted by atomic mass is 127. The molecular formula is C22H26F3IN6O. The number of rotatable bonds is 9. The van der Waals surface area contributed by atoms with Crippen molar-refractivity contribution in [3.63, 3.8) is 0 Å². The molecule has 1 heterocycles. The fourth-order valence-corrected chi connectivity index (χ4v) is 2.88. The Morgan fingerprint density at radius 2 is 1.73 bits per heavy atom. The molecule has 0 fully saturated rings. The van der Waals surface area contributed by atoms with Gasteiger partial charge < -0.3 is 15.4 Å². The van der Waals surface area contributed by atoms with Gasteiger partial charge in [-0.15, -0.1) is 34.2 Å². The minimum Gasteiger partial charge on any atom is -0.367 e. The highest BCUT2D eigenvalue weighted by Crippen LogP contribution is 2.16. The lowest BCUT2D eigenvalue weighted by molar-refractivity contribution is -0.176. The molecule has 7 nitrogen and oxygen atoms in total. The van der Waals surface area contributed by atoms with E-state index in [1.807, 2.05) is 54.0 Å². The molecule has 0 bridgehead atoms. The van der Waals surface area contributed by atoms with E-state index in [9.17, 15) is 13.2 Å². The first kappa shape index (κ1) is 26.6. The Kier molecular flexibility index (Phi) is 10.6. The summed E-state index contributed by atoms with van der Waals surface area (Å²) in [5.74, 6) is 1.36. The molecular weight excluding hydrogens is 548 g/mol. The molecule has 0 aliphatic rings. The van der Waals surface area contributed by atoms with Crippen LogP contribution in [0.4, 0.5) is 13.2 Å². The van der Waals surface area contributed by atoms with E-state index < -0.39 is 12.8 Å². The van der Waals surface area contributed by atoms with Crippen LogP contribution in [-0.4, -0.2) is 40.1 Å². The van der Waals surface area contributed by atoms with E-state index in [0.29, 0.717) is 31.2 Å². The Labute approximate surface area is 207 Å². The number of nitrogens with zero attached hydrogens (tertiary/aromatic N) is 4. The summed E-state index contributed by atoms with van der Waals surface area (Å²) in [6.45, 7) is 2.15. The van der Waals surface area contributed by atoms with Crippen molar-refractivity contribution in [2.45, 2.75) is 32.8 Å². The Bertz CT molecular complexity index is 993. The summed E-state index contributed by atoms with van der Waals surface area (Å²) in [5, 5.41) is 14.6. The highest BCUT2D eigenvalue weighted by molar-refractivity contribution is 14.0. The zero-order chi connectivity index (χ0) is 22.8. The number of guanidine groups is 1. The van der Waals surface area contributed by atoms with E-state index in [0.717, 1.165) is 17.1 Å². The molecule has 178 valence electrons. The third-order valence-corrected chi connectivity index (χ3v) is 4.39. The van der Waals surface area contributed by atoms with Gasteiger partial charge in [0.15, 0.2) is 11.8 Å². The van der Waals surface area contributed by atoms with E-state index in [1.165, 1.54) is 0 Å².